The van der Waals surface area contributed by atoms with Crippen molar-refractivity contribution in [2.24, 2.45) is 0 Å². The number of hydrogen-bond donors (Lipinski definition) is 2. The predicted molar refractivity (Wildman–Crippen MR) is 88.1 cm³/mol. The average Bonchev–Trinajstić information content (AvgIpc) is 2.35. The molecule has 2 aromatic carbocycles. The molecule has 0 saturated carbocycles. The summed E-state index contributed by atoms with van der Waals surface area (Å²) in [6, 6.07) is 15.7. The fourth-order valence-corrected chi connectivity index (χ4v) is 2.33. The molecule has 2 rings (SSSR count). The number of halogens is 2. The molecule has 0 saturated heterocycles. The maximum atomic E-state index is 5.26. The molecule has 0 aliphatic rings. The highest BCUT2D eigenvalue weighted by atomic mass is 79.9. The second-order valence-electron chi connectivity index (χ2n) is 3.57. The fourth-order valence-electron chi connectivity index (χ4n) is 1.40. The third kappa shape index (κ3) is 3.80. The van der Waals surface area contributed by atoms with Crippen LogP contribution in [0, 0.1) is 0 Å². The Morgan fingerprint density at radius 1 is 0.944 bits per heavy atom. The summed E-state index contributed by atoms with van der Waals surface area (Å²) in [7, 11) is 0. The van der Waals surface area contributed by atoms with Gasteiger partial charge in [0, 0.05) is 14.6 Å². The van der Waals surface area contributed by atoms with E-state index >= 15 is 0 Å². The van der Waals surface area contributed by atoms with E-state index in [4.69, 9.17) is 12.2 Å². The Labute approximate surface area is 128 Å². The molecule has 0 heterocycles. The molecule has 2 N–H and O–H groups in total. The van der Waals surface area contributed by atoms with Crippen molar-refractivity contribution in [3.63, 3.8) is 0 Å². The Morgan fingerprint density at radius 3 is 2.39 bits per heavy atom. The van der Waals surface area contributed by atoms with Crippen LogP contribution < -0.4 is 10.6 Å². The number of rotatable bonds is 2. The van der Waals surface area contributed by atoms with Gasteiger partial charge in [-0.05, 0) is 58.5 Å². The lowest BCUT2D eigenvalue weighted by atomic mass is 10.3. The van der Waals surface area contributed by atoms with Gasteiger partial charge in [-0.3, -0.25) is 0 Å². The first-order valence-corrected chi connectivity index (χ1v) is 7.23. The number of para-hydroxylation sites is 1. The smallest absolute Gasteiger partial charge is 0.175 e. The standard InChI is InChI=1S/C13H10Br2N2S/c14-9-6-7-11(15)12(8-9)17-13(18)16-10-4-2-1-3-5-10/h1-8H,(H2,16,17,18). The van der Waals surface area contributed by atoms with E-state index in [2.05, 4.69) is 42.5 Å². The molecule has 18 heavy (non-hydrogen) atoms. The molecule has 5 heteroatoms. The van der Waals surface area contributed by atoms with Gasteiger partial charge in [0.25, 0.3) is 0 Å². The van der Waals surface area contributed by atoms with Gasteiger partial charge in [-0.1, -0.05) is 34.1 Å². The van der Waals surface area contributed by atoms with Crippen LogP contribution in [0.3, 0.4) is 0 Å². The van der Waals surface area contributed by atoms with Crippen molar-refractivity contribution in [3.8, 4) is 0 Å². The van der Waals surface area contributed by atoms with Gasteiger partial charge in [0.1, 0.15) is 0 Å². The van der Waals surface area contributed by atoms with Crippen LogP contribution in [-0.4, -0.2) is 5.11 Å². The van der Waals surface area contributed by atoms with Crippen LogP contribution in [0.15, 0.2) is 57.5 Å². The SMILES string of the molecule is S=C(Nc1ccccc1)Nc1cc(Br)ccc1Br. The summed E-state index contributed by atoms with van der Waals surface area (Å²) in [6.45, 7) is 0. The first-order chi connectivity index (χ1) is 8.65. The first-order valence-electron chi connectivity index (χ1n) is 5.23. The molecular formula is C13H10Br2N2S. The van der Waals surface area contributed by atoms with Crippen molar-refractivity contribution in [1.29, 1.82) is 0 Å². The normalized spacial score (nSPS) is 9.89. The summed E-state index contributed by atoms with van der Waals surface area (Å²) >= 11 is 12.2. The molecule has 92 valence electrons. The van der Waals surface area contributed by atoms with Crippen LogP contribution in [0.2, 0.25) is 0 Å². The van der Waals surface area contributed by atoms with Gasteiger partial charge in [-0.25, -0.2) is 0 Å². The van der Waals surface area contributed by atoms with Crippen molar-refractivity contribution >= 4 is 60.6 Å². The number of thiocarbonyl (C=S) groups is 1. The Bertz CT molecular complexity index is 558. The lowest BCUT2D eigenvalue weighted by molar-refractivity contribution is 1.55. The highest BCUT2D eigenvalue weighted by Gasteiger charge is 2.03. The molecule has 0 radical (unpaired) electrons. The minimum atomic E-state index is 0.556. The van der Waals surface area contributed by atoms with Crippen LogP contribution in [0.4, 0.5) is 11.4 Å². The average molecular weight is 386 g/mol. The van der Waals surface area contributed by atoms with E-state index in [0.29, 0.717) is 5.11 Å². The number of hydrogen-bond acceptors (Lipinski definition) is 1. The maximum absolute atomic E-state index is 5.26. The monoisotopic (exact) mass is 384 g/mol. The molecule has 0 bridgehead atoms. The van der Waals surface area contributed by atoms with E-state index in [1.165, 1.54) is 0 Å². The van der Waals surface area contributed by atoms with Gasteiger partial charge in [0.15, 0.2) is 5.11 Å². The molecule has 0 fully saturated rings. The quantitative estimate of drug-likeness (QED) is 0.709. The molecule has 0 aliphatic carbocycles. The zero-order chi connectivity index (χ0) is 13.0. The number of benzene rings is 2. The van der Waals surface area contributed by atoms with Gasteiger partial charge in [0.05, 0.1) is 5.69 Å². The summed E-state index contributed by atoms with van der Waals surface area (Å²) in [5.74, 6) is 0. The molecule has 0 amide bonds. The van der Waals surface area contributed by atoms with Crippen LogP contribution in [0.25, 0.3) is 0 Å². The first kappa shape index (κ1) is 13.5. The summed E-state index contributed by atoms with van der Waals surface area (Å²) in [5, 5.41) is 6.82. The van der Waals surface area contributed by atoms with Crippen molar-refractivity contribution in [2.45, 2.75) is 0 Å². The van der Waals surface area contributed by atoms with E-state index in [-0.39, 0.29) is 0 Å². The molecule has 2 aromatic rings. The fraction of sp³-hybridized carbons (Fsp3) is 0. The Balaban J connectivity index is 2.05. The molecule has 0 aromatic heterocycles. The third-order valence-electron chi connectivity index (χ3n) is 2.21. The maximum Gasteiger partial charge on any atom is 0.175 e. The highest BCUT2D eigenvalue weighted by Crippen LogP contribution is 2.26. The Kier molecular flexibility index (Phi) is 4.74. The van der Waals surface area contributed by atoms with E-state index in [0.717, 1.165) is 20.3 Å². The third-order valence-corrected chi connectivity index (χ3v) is 3.60. The lowest BCUT2D eigenvalue weighted by Gasteiger charge is -2.12. The predicted octanol–water partition coefficient (Wildman–Crippen LogP) is 5.02. The van der Waals surface area contributed by atoms with E-state index in [9.17, 15) is 0 Å². The van der Waals surface area contributed by atoms with Crippen LogP contribution >= 0.6 is 44.1 Å². The summed E-state index contributed by atoms with van der Waals surface area (Å²) in [5.41, 5.74) is 1.87. The van der Waals surface area contributed by atoms with E-state index in [1.54, 1.807) is 0 Å². The molecule has 0 spiro atoms. The molecule has 0 aliphatic heterocycles. The van der Waals surface area contributed by atoms with Crippen LogP contribution in [-0.2, 0) is 0 Å². The van der Waals surface area contributed by atoms with Crippen molar-refractivity contribution in [3.05, 3.63) is 57.5 Å². The minimum absolute atomic E-state index is 0.556. The van der Waals surface area contributed by atoms with Gasteiger partial charge in [-0.2, -0.15) is 0 Å². The molecular weight excluding hydrogens is 376 g/mol. The number of anilines is 2. The van der Waals surface area contributed by atoms with Gasteiger partial charge < -0.3 is 10.6 Å². The van der Waals surface area contributed by atoms with Crippen LogP contribution in [0.1, 0.15) is 0 Å². The van der Waals surface area contributed by atoms with Crippen molar-refractivity contribution in [2.75, 3.05) is 10.6 Å². The number of nitrogens with one attached hydrogen (secondary N) is 2. The second-order valence-corrected chi connectivity index (χ2v) is 5.75. The topological polar surface area (TPSA) is 24.1 Å². The van der Waals surface area contributed by atoms with E-state index in [1.807, 2.05) is 48.5 Å². The highest BCUT2D eigenvalue weighted by molar-refractivity contribution is 9.11. The molecule has 0 unspecified atom stereocenters. The zero-order valence-electron chi connectivity index (χ0n) is 9.28. The van der Waals surface area contributed by atoms with Crippen LogP contribution in [0.5, 0.6) is 0 Å². The van der Waals surface area contributed by atoms with Crippen molar-refractivity contribution < 1.29 is 0 Å². The van der Waals surface area contributed by atoms with Gasteiger partial charge in [0.2, 0.25) is 0 Å². The van der Waals surface area contributed by atoms with E-state index < -0.39 is 0 Å². The summed E-state index contributed by atoms with van der Waals surface area (Å²) < 4.78 is 1.96. The Hall–Kier alpha value is -0.910. The largest absolute Gasteiger partial charge is 0.332 e. The van der Waals surface area contributed by atoms with Crippen molar-refractivity contribution in [1.82, 2.24) is 0 Å². The molecule has 0 atom stereocenters. The summed E-state index contributed by atoms with van der Waals surface area (Å²) in [6.07, 6.45) is 0. The second kappa shape index (κ2) is 6.31. The lowest BCUT2D eigenvalue weighted by Crippen LogP contribution is -2.19. The van der Waals surface area contributed by atoms with Gasteiger partial charge >= 0.3 is 0 Å². The summed E-state index contributed by atoms with van der Waals surface area (Å²) in [4.78, 5) is 0. The Morgan fingerprint density at radius 2 is 1.67 bits per heavy atom. The molecule has 2 nitrogen and oxygen atoms in total. The minimum Gasteiger partial charge on any atom is -0.332 e. The van der Waals surface area contributed by atoms with Gasteiger partial charge in [-0.15, -0.1) is 0 Å². The zero-order valence-corrected chi connectivity index (χ0v) is 13.3.